The van der Waals surface area contributed by atoms with E-state index >= 15 is 0 Å². The van der Waals surface area contributed by atoms with E-state index in [-0.39, 0.29) is 6.54 Å². The maximum Gasteiger partial charge on any atom is 0.244 e. The monoisotopic (exact) mass is 363 g/mol. The first kappa shape index (κ1) is 14.8. The van der Waals surface area contributed by atoms with Crippen LogP contribution in [0.15, 0.2) is 37.6 Å². The molecular weight excluding hydrogens is 350 g/mol. The minimum atomic E-state index is -3.48. The van der Waals surface area contributed by atoms with E-state index in [1.165, 1.54) is 15.6 Å². The van der Waals surface area contributed by atoms with Gasteiger partial charge < -0.3 is 4.42 Å². The van der Waals surface area contributed by atoms with E-state index in [1.807, 2.05) is 13.8 Å². The number of furan rings is 1. The Balaban J connectivity index is 2.33. The number of hydrogen-bond acceptors (Lipinski definition) is 4. The van der Waals surface area contributed by atoms with Crippen molar-refractivity contribution < 1.29 is 12.8 Å². The van der Waals surface area contributed by atoms with E-state index in [2.05, 4.69) is 15.9 Å². The first-order valence-electron chi connectivity index (χ1n) is 5.73. The first-order chi connectivity index (χ1) is 8.95. The Bertz CT molecular complexity index is 647. The van der Waals surface area contributed by atoms with Crippen molar-refractivity contribution in [3.63, 3.8) is 0 Å². The summed E-state index contributed by atoms with van der Waals surface area (Å²) in [7, 11) is -3.48. The molecule has 2 heterocycles. The second-order valence-electron chi connectivity index (χ2n) is 3.98. The summed E-state index contributed by atoms with van der Waals surface area (Å²) in [6.07, 6.45) is 1.54. The highest BCUT2D eigenvalue weighted by atomic mass is 79.9. The van der Waals surface area contributed by atoms with Crippen LogP contribution in [0, 0.1) is 6.92 Å². The zero-order valence-corrected chi connectivity index (χ0v) is 13.8. The average molecular weight is 364 g/mol. The van der Waals surface area contributed by atoms with Gasteiger partial charge in [-0.3, -0.25) is 0 Å². The predicted molar refractivity (Wildman–Crippen MR) is 78.7 cm³/mol. The fraction of sp³-hybridized carbons (Fsp3) is 0.333. The van der Waals surface area contributed by atoms with E-state index in [0.29, 0.717) is 17.2 Å². The molecule has 0 fully saturated rings. The Morgan fingerprint density at radius 3 is 2.68 bits per heavy atom. The van der Waals surface area contributed by atoms with Gasteiger partial charge in [-0.15, -0.1) is 11.3 Å². The van der Waals surface area contributed by atoms with Crippen molar-refractivity contribution in [1.82, 2.24) is 4.31 Å². The highest BCUT2D eigenvalue weighted by molar-refractivity contribution is 9.11. The Labute approximate surface area is 125 Å². The number of nitrogens with zero attached hydrogens (tertiary/aromatic N) is 1. The van der Waals surface area contributed by atoms with Gasteiger partial charge in [0.1, 0.15) is 5.76 Å². The molecule has 0 spiro atoms. The third-order valence-corrected chi connectivity index (χ3v) is 6.45. The molecule has 0 bridgehead atoms. The number of halogens is 1. The third kappa shape index (κ3) is 3.10. The molecule has 104 valence electrons. The van der Waals surface area contributed by atoms with Crippen LogP contribution in [0.5, 0.6) is 0 Å². The summed E-state index contributed by atoms with van der Waals surface area (Å²) in [6.45, 7) is 4.27. The Morgan fingerprint density at radius 2 is 2.21 bits per heavy atom. The number of rotatable bonds is 5. The zero-order chi connectivity index (χ0) is 14.0. The maximum absolute atomic E-state index is 12.6. The fourth-order valence-corrected chi connectivity index (χ4v) is 5.57. The molecular formula is C12H14BrNO3S2. The number of thiophene rings is 1. The fourth-order valence-electron chi connectivity index (χ4n) is 1.77. The molecule has 2 aromatic rings. The lowest BCUT2D eigenvalue weighted by Crippen LogP contribution is -2.30. The van der Waals surface area contributed by atoms with E-state index in [9.17, 15) is 8.42 Å². The summed E-state index contributed by atoms with van der Waals surface area (Å²) in [5, 5.41) is 0. The van der Waals surface area contributed by atoms with Crippen molar-refractivity contribution in [2.75, 3.05) is 6.54 Å². The third-order valence-electron chi connectivity index (χ3n) is 2.72. The molecule has 4 nitrogen and oxygen atoms in total. The van der Waals surface area contributed by atoms with Gasteiger partial charge in [0.05, 0.1) is 21.5 Å². The highest BCUT2D eigenvalue weighted by Crippen LogP contribution is 2.32. The van der Waals surface area contributed by atoms with Gasteiger partial charge >= 0.3 is 0 Å². The zero-order valence-electron chi connectivity index (χ0n) is 10.6. The van der Waals surface area contributed by atoms with Crippen LogP contribution in [0.3, 0.4) is 0 Å². The van der Waals surface area contributed by atoms with Gasteiger partial charge in [0.25, 0.3) is 0 Å². The molecule has 0 unspecified atom stereocenters. The van der Waals surface area contributed by atoms with Crippen molar-refractivity contribution in [2.45, 2.75) is 25.3 Å². The molecule has 0 aliphatic rings. The van der Waals surface area contributed by atoms with Crippen LogP contribution in [-0.2, 0) is 16.6 Å². The molecule has 19 heavy (non-hydrogen) atoms. The highest BCUT2D eigenvalue weighted by Gasteiger charge is 2.27. The van der Waals surface area contributed by atoms with Gasteiger partial charge in [-0.25, -0.2) is 8.42 Å². The van der Waals surface area contributed by atoms with Gasteiger partial charge in [-0.05, 0) is 41.1 Å². The average Bonchev–Trinajstić information content (AvgIpc) is 2.95. The molecule has 0 saturated carbocycles. The molecule has 0 aliphatic heterocycles. The lowest BCUT2D eigenvalue weighted by Gasteiger charge is -2.19. The normalized spacial score (nSPS) is 12.2. The van der Waals surface area contributed by atoms with E-state index in [4.69, 9.17) is 4.42 Å². The van der Waals surface area contributed by atoms with Crippen LogP contribution < -0.4 is 0 Å². The summed E-state index contributed by atoms with van der Waals surface area (Å²) in [5.74, 6) is 0.636. The molecule has 0 aliphatic carbocycles. The maximum atomic E-state index is 12.6. The van der Waals surface area contributed by atoms with Crippen LogP contribution in [0.1, 0.15) is 17.6 Å². The largest absolute Gasteiger partial charge is 0.468 e. The second kappa shape index (κ2) is 5.78. The quantitative estimate of drug-likeness (QED) is 0.814. The molecule has 0 N–H and O–H groups in total. The minimum Gasteiger partial charge on any atom is -0.468 e. The summed E-state index contributed by atoms with van der Waals surface area (Å²) in [4.78, 5) is 1.14. The first-order valence-corrected chi connectivity index (χ1v) is 8.78. The Hall–Kier alpha value is -0.630. The van der Waals surface area contributed by atoms with Crippen LogP contribution >= 0.6 is 27.3 Å². The number of hydrogen-bond donors (Lipinski definition) is 0. The van der Waals surface area contributed by atoms with Crippen LogP contribution in [0.2, 0.25) is 0 Å². The van der Waals surface area contributed by atoms with Crippen LogP contribution in [0.4, 0.5) is 0 Å². The van der Waals surface area contributed by atoms with Crippen molar-refractivity contribution >= 4 is 37.3 Å². The van der Waals surface area contributed by atoms with Gasteiger partial charge in [-0.1, -0.05) is 6.92 Å². The van der Waals surface area contributed by atoms with Gasteiger partial charge in [0.15, 0.2) is 0 Å². The summed E-state index contributed by atoms with van der Waals surface area (Å²) >= 11 is 4.74. The molecule has 0 saturated heterocycles. The topological polar surface area (TPSA) is 50.5 Å². The lowest BCUT2D eigenvalue weighted by molar-refractivity contribution is 0.375. The van der Waals surface area contributed by atoms with Gasteiger partial charge in [0, 0.05) is 11.4 Å². The van der Waals surface area contributed by atoms with E-state index in [1.54, 1.807) is 24.5 Å². The SMILES string of the molecule is CCN(Cc1ccco1)S(=O)(=O)c1cc(Br)sc1C. The second-order valence-corrected chi connectivity index (χ2v) is 8.52. The lowest BCUT2D eigenvalue weighted by atomic mass is 10.4. The minimum absolute atomic E-state index is 0.249. The smallest absolute Gasteiger partial charge is 0.244 e. The Morgan fingerprint density at radius 1 is 1.47 bits per heavy atom. The van der Waals surface area contributed by atoms with Crippen molar-refractivity contribution in [2.24, 2.45) is 0 Å². The number of aryl methyl sites for hydroxylation is 1. The molecule has 0 amide bonds. The predicted octanol–water partition coefficient (Wildman–Crippen LogP) is 3.62. The molecule has 0 aromatic carbocycles. The van der Waals surface area contributed by atoms with Crippen molar-refractivity contribution in [1.29, 1.82) is 0 Å². The summed E-state index contributed by atoms with van der Waals surface area (Å²) in [5.41, 5.74) is 0. The molecule has 0 atom stereocenters. The molecule has 2 aromatic heterocycles. The molecule has 0 radical (unpaired) electrons. The Kier molecular flexibility index (Phi) is 4.50. The molecule has 2 rings (SSSR count). The van der Waals surface area contributed by atoms with Crippen LogP contribution in [0.25, 0.3) is 0 Å². The van der Waals surface area contributed by atoms with E-state index < -0.39 is 10.0 Å². The van der Waals surface area contributed by atoms with Crippen LogP contribution in [-0.4, -0.2) is 19.3 Å². The number of sulfonamides is 1. The van der Waals surface area contributed by atoms with Crippen molar-refractivity contribution in [3.05, 3.63) is 38.9 Å². The summed E-state index contributed by atoms with van der Waals surface area (Å²) < 4.78 is 32.6. The summed E-state index contributed by atoms with van der Waals surface area (Å²) in [6, 6.07) is 5.18. The van der Waals surface area contributed by atoms with Gasteiger partial charge in [-0.2, -0.15) is 4.31 Å². The standard InChI is InChI=1S/C12H14BrNO3S2/c1-3-14(8-10-5-4-6-17-10)19(15,16)11-7-12(13)18-9(11)2/h4-7H,3,8H2,1-2H3. The van der Waals surface area contributed by atoms with Gasteiger partial charge in [0.2, 0.25) is 10.0 Å². The molecule has 7 heteroatoms. The van der Waals surface area contributed by atoms with Crippen molar-refractivity contribution in [3.8, 4) is 0 Å². The van der Waals surface area contributed by atoms with E-state index in [0.717, 1.165) is 8.66 Å².